The largest absolute Gasteiger partial charge is 0.480 e. The van der Waals surface area contributed by atoms with E-state index in [9.17, 15) is 24.0 Å². The van der Waals surface area contributed by atoms with Gasteiger partial charge in [0, 0.05) is 18.1 Å². The van der Waals surface area contributed by atoms with Crippen LogP contribution in [-0.4, -0.2) is 81.8 Å². The number of carbonyl (C=O) groups excluding carboxylic acids is 4. The first kappa shape index (κ1) is 24.0. The third-order valence-electron chi connectivity index (χ3n) is 4.19. The van der Waals surface area contributed by atoms with Gasteiger partial charge in [-0.3, -0.25) is 19.2 Å². The van der Waals surface area contributed by atoms with Crippen LogP contribution in [0, 0.1) is 0 Å². The highest BCUT2D eigenvalue weighted by molar-refractivity contribution is 7.80. The normalized spacial score (nSPS) is 19.4. The van der Waals surface area contributed by atoms with Gasteiger partial charge >= 0.3 is 5.97 Å². The molecule has 11 nitrogen and oxygen atoms in total. The number of hydrogen-bond donors (Lipinski definition) is 7. The molecule has 1 saturated heterocycles. The maximum atomic E-state index is 12.8. The van der Waals surface area contributed by atoms with E-state index in [0.717, 1.165) is 0 Å². The molecule has 13 heteroatoms. The highest BCUT2D eigenvalue weighted by Crippen LogP contribution is 2.19. The monoisotopic (exact) mass is 435 g/mol. The number of carbonyl (C=O) groups is 5. The smallest absolute Gasteiger partial charge is 0.327 e. The summed E-state index contributed by atoms with van der Waals surface area (Å²) in [5.41, 5.74) is 10.6. The summed E-state index contributed by atoms with van der Waals surface area (Å²) < 4.78 is 0. The summed E-state index contributed by atoms with van der Waals surface area (Å²) in [5.74, 6) is -4.06. The molecule has 28 heavy (non-hydrogen) atoms. The van der Waals surface area contributed by atoms with Crippen LogP contribution in [0.5, 0.6) is 0 Å². The van der Waals surface area contributed by atoms with Crippen LogP contribution in [0.1, 0.15) is 19.3 Å². The standard InChI is InChI=1S/C15H25N5O6S2/c16-7(4-11(17)21)12(22)18-8(5-27)14(24)20-3-1-2-10(20)13(23)19-9(6-28)15(25)26/h7-10,27-28H,1-6,16H2,(H2,17,21)(H,18,22)(H,19,23)(H,25,26). The van der Waals surface area contributed by atoms with Crippen LogP contribution in [-0.2, 0) is 24.0 Å². The minimum atomic E-state index is -1.23. The molecule has 158 valence electrons. The first-order valence-corrected chi connectivity index (χ1v) is 9.78. The van der Waals surface area contributed by atoms with E-state index in [2.05, 4.69) is 35.9 Å². The van der Waals surface area contributed by atoms with Crippen molar-refractivity contribution in [3.63, 3.8) is 0 Å². The molecule has 0 saturated carbocycles. The van der Waals surface area contributed by atoms with Crippen LogP contribution in [0.25, 0.3) is 0 Å². The number of primary amides is 1. The molecule has 0 bridgehead atoms. The third kappa shape index (κ3) is 6.56. The van der Waals surface area contributed by atoms with Gasteiger partial charge in [-0.25, -0.2) is 4.79 Å². The molecule has 7 N–H and O–H groups in total. The number of carboxylic acid groups (broad SMARTS) is 1. The number of amides is 4. The predicted molar refractivity (Wildman–Crippen MR) is 106 cm³/mol. The Balaban J connectivity index is 2.80. The molecule has 0 aromatic rings. The van der Waals surface area contributed by atoms with Crippen molar-refractivity contribution >= 4 is 54.9 Å². The molecule has 0 aromatic carbocycles. The van der Waals surface area contributed by atoms with E-state index >= 15 is 0 Å². The highest BCUT2D eigenvalue weighted by atomic mass is 32.1. The van der Waals surface area contributed by atoms with E-state index < -0.39 is 53.8 Å². The number of likely N-dealkylation sites (tertiary alicyclic amines) is 1. The maximum Gasteiger partial charge on any atom is 0.327 e. The summed E-state index contributed by atoms with van der Waals surface area (Å²) in [5, 5.41) is 13.8. The first-order valence-electron chi connectivity index (χ1n) is 8.52. The van der Waals surface area contributed by atoms with E-state index in [4.69, 9.17) is 16.6 Å². The number of hydrogen-bond acceptors (Lipinski definition) is 8. The van der Waals surface area contributed by atoms with Gasteiger partial charge in [0.2, 0.25) is 23.6 Å². The maximum absolute atomic E-state index is 12.8. The Hall–Kier alpha value is -1.99. The van der Waals surface area contributed by atoms with Gasteiger partial charge in [-0.1, -0.05) is 0 Å². The van der Waals surface area contributed by atoms with E-state index in [0.29, 0.717) is 12.8 Å². The van der Waals surface area contributed by atoms with Crippen molar-refractivity contribution in [2.24, 2.45) is 11.5 Å². The van der Waals surface area contributed by atoms with E-state index in [1.807, 2.05) is 0 Å². The fourth-order valence-corrected chi connectivity index (χ4v) is 3.23. The fourth-order valence-electron chi connectivity index (χ4n) is 2.73. The molecule has 4 amide bonds. The first-order chi connectivity index (χ1) is 13.1. The zero-order valence-electron chi connectivity index (χ0n) is 15.0. The van der Waals surface area contributed by atoms with Gasteiger partial charge in [0.25, 0.3) is 0 Å². The van der Waals surface area contributed by atoms with E-state index in [-0.39, 0.29) is 24.5 Å². The number of rotatable bonds is 10. The minimum Gasteiger partial charge on any atom is -0.480 e. The van der Waals surface area contributed by atoms with Crippen molar-refractivity contribution in [3.05, 3.63) is 0 Å². The van der Waals surface area contributed by atoms with Gasteiger partial charge in [-0.05, 0) is 12.8 Å². The molecule has 1 aliphatic rings. The molecule has 1 rings (SSSR count). The van der Waals surface area contributed by atoms with Crippen LogP contribution in [0.15, 0.2) is 0 Å². The molecular formula is C15H25N5O6S2. The lowest BCUT2D eigenvalue weighted by Gasteiger charge is -2.29. The van der Waals surface area contributed by atoms with E-state index in [1.165, 1.54) is 4.90 Å². The summed E-state index contributed by atoms with van der Waals surface area (Å²) in [7, 11) is 0. The van der Waals surface area contributed by atoms with Crippen molar-refractivity contribution < 1.29 is 29.1 Å². The molecule has 1 heterocycles. The summed E-state index contributed by atoms with van der Waals surface area (Å²) in [4.78, 5) is 60.4. The fraction of sp³-hybridized carbons (Fsp3) is 0.667. The van der Waals surface area contributed by atoms with Crippen LogP contribution in [0.4, 0.5) is 0 Å². The SMILES string of the molecule is NC(=O)CC(N)C(=O)NC(CS)C(=O)N1CCCC1C(=O)NC(CS)C(=O)O. The van der Waals surface area contributed by atoms with Crippen molar-refractivity contribution in [1.82, 2.24) is 15.5 Å². The number of nitrogens with two attached hydrogens (primary N) is 2. The van der Waals surface area contributed by atoms with E-state index in [1.54, 1.807) is 0 Å². The molecule has 1 aliphatic heterocycles. The second kappa shape index (κ2) is 11.1. The molecule has 0 aromatic heterocycles. The van der Waals surface area contributed by atoms with Gasteiger partial charge < -0.3 is 32.1 Å². The van der Waals surface area contributed by atoms with Crippen molar-refractivity contribution in [2.45, 2.75) is 43.4 Å². The Morgan fingerprint density at radius 3 is 2.21 bits per heavy atom. The topological polar surface area (TPSA) is 185 Å². The number of aliphatic carboxylic acids is 1. The van der Waals surface area contributed by atoms with Crippen LogP contribution < -0.4 is 22.1 Å². The Morgan fingerprint density at radius 2 is 1.71 bits per heavy atom. The lowest BCUT2D eigenvalue weighted by molar-refractivity contribution is -0.144. The molecule has 0 spiro atoms. The molecule has 0 radical (unpaired) electrons. The van der Waals surface area contributed by atoms with Gasteiger partial charge in [0.15, 0.2) is 0 Å². The van der Waals surface area contributed by atoms with Crippen molar-refractivity contribution in [2.75, 3.05) is 18.1 Å². The minimum absolute atomic E-state index is 0.0624. The second-order valence-electron chi connectivity index (χ2n) is 6.29. The summed E-state index contributed by atoms with van der Waals surface area (Å²) in [6, 6.07) is -4.33. The summed E-state index contributed by atoms with van der Waals surface area (Å²) in [6.07, 6.45) is 0.510. The molecular weight excluding hydrogens is 410 g/mol. The average molecular weight is 436 g/mol. The lowest BCUT2D eigenvalue weighted by Crippen LogP contribution is -2.57. The molecule has 4 atom stereocenters. The number of nitrogens with one attached hydrogen (secondary N) is 2. The predicted octanol–water partition coefficient (Wildman–Crippen LogP) is -2.91. The van der Waals surface area contributed by atoms with Gasteiger partial charge in [0.1, 0.15) is 18.1 Å². The van der Waals surface area contributed by atoms with Gasteiger partial charge in [0.05, 0.1) is 12.5 Å². The number of nitrogens with zero attached hydrogens (tertiary/aromatic N) is 1. The Bertz CT molecular complexity index is 634. The Kier molecular flexibility index (Phi) is 9.55. The zero-order chi connectivity index (χ0) is 21.4. The molecule has 1 fully saturated rings. The lowest BCUT2D eigenvalue weighted by atomic mass is 10.1. The molecule has 4 unspecified atom stereocenters. The zero-order valence-corrected chi connectivity index (χ0v) is 16.8. The van der Waals surface area contributed by atoms with Crippen LogP contribution in [0.3, 0.4) is 0 Å². The number of carboxylic acids is 1. The Labute approximate surface area is 172 Å². The van der Waals surface area contributed by atoms with Crippen LogP contribution >= 0.6 is 25.3 Å². The average Bonchev–Trinajstić information content (AvgIpc) is 3.12. The quantitative estimate of drug-likeness (QED) is 0.179. The van der Waals surface area contributed by atoms with Gasteiger partial charge in [-0.2, -0.15) is 25.3 Å². The van der Waals surface area contributed by atoms with Crippen molar-refractivity contribution in [3.8, 4) is 0 Å². The van der Waals surface area contributed by atoms with Crippen LogP contribution in [0.2, 0.25) is 0 Å². The molecule has 0 aliphatic carbocycles. The van der Waals surface area contributed by atoms with Gasteiger partial charge in [-0.15, -0.1) is 0 Å². The number of thiol groups is 2. The van der Waals surface area contributed by atoms with Crippen molar-refractivity contribution in [1.29, 1.82) is 0 Å². The summed E-state index contributed by atoms with van der Waals surface area (Å²) >= 11 is 7.94. The summed E-state index contributed by atoms with van der Waals surface area (Å²) in [6.45, 7) is 0.267. The third-order valence-corrected chi connectivity index (χ3v) is 4.92. The Morgan fingerprint density at radius 1 is 1.11 bits per heavy atom. The highest BCUT2D eigenvalue weighted by Gasteiger charge is 2.38. The second-order valence-corrected chi connectivity index (χ2v) is 7.02.